The van der Waals surface area contributed by atoms with Crippen LogP contribution in [-0.2, 0) is 49.9 Å². The van der Waals surface area contributed by atoms with E-state index in [9.17, 15) is 4.39 Å². The largest absolute Gasteiger partial charge is 0.257 e. The van der Waals surface area contributed by atoms with E-state index in [0.29, 0.717) is 0 Å². The van der Waals surface area contributed by atoms with E-state index in [-0.39, 0.29) is 27.5 Å². The lowest BCUT2D eigenvalue weighted by Gasteiger charge is -2.28. The van der Waals surface area contributed by atoms with Gasteiger partial charge in [-0.05, 0) is 244 Å². The first kappa shape index (κ1) is 80.2. The molecule has 16 aromatic rings. The van der Waals surface area contributed by atoms with Crippen LogP contribution in [0.3, 0.4) is 0 Å². The van der Waals surface area contributed by atoms with Gasteiger partial charge in [0, 0.05) is 119 Å². The Morgan fingerprint density at radius 3 is 1.07 bits per heavy atom. The summed E-state index contributed by atoms with van der Waals surface area (Å²) in [6.07, 6.45) is 16.5. The van der Waals surface area contributed by atoms with Crippen LogP contribution in [0.25, 0.3) is 133 Å². The smallest absolute Gasteiger partial charge is 0.213 e. The molecule has 0 bridgehead atoms. The first-order chi connectivity index (χ1) is 59.1. The summed E-state index contributed by atoms with van der Waals surface area (Å²) < 4.78 is 22.7. The van der Waals surface area contributed by atoms with E-state index in [1.807, 2.05) is 12.1 Å². The third-order valence-corrected chi connectivity index (χ3v) is 28.5. The maximum Gasteiger partial charge on any atom is 0.213 e. The van der Waals surface area contributed by atoms with Crippen LogP contribution >= 0.6 is 0 Å². The maximum atomic E-state index is 13.5. The van der Waals surface area contributed by atoms with Crippen molar-refractivity contribution >= 4 is 21.7 Å². The van der Waals surface area contributed by atoms with Crippen LogP contribution in [0.15, 0.2) is 249 Å². The van der Waals surface area contributed by atoms with Crippen LogP contribution in [0.2, 0.25) is 0 Å². The lowest BCUT2D eigenvalue weighted by molar-refractivity contribution is -0.660. The van der Waals surface area contributed by atoms with Crippen LogP contribution in [0.1, 0.15) is 180 Å². The van der Waals surface area contributed by atoms with Crippen LogP contribution in [0.4, 0.5) is 4.39 Å². The molecular weight excluding hydrogens is 1500 g/mol. The van der Waals surface area contributed by atoms with Crippen LogP contribution < -0.4 is 18.3 Å². The van der Waals surface area contributed by atoms with Crippen LogP contribution in [0.5, 0.6) is 0 Å². The number of aryl methyl sites for hydroxylation is 14. The van der Waals surface area contributed by atoms with Crippen molar-refractivity contribution in [2.45, 2.75) is 170 Å². The Bertz CT molecular complexity index is 6930. The van der Waals surface area contributed by atoms with Gasteiger partial charge in [-0.15, -0.1) is 0 Å². The second kappa shape index (κ2) is 30.5. The van der Waals surface area contributed by atoms with Crippen molar-refractivity contribution in [3.63, 3.8) is 0 Å². The molecule has 8 heterocycles. The third-order valence-electron chi connectivity index (χ3n) is 28.5. The van der Waals surface area contributed by atoms with Gasteiger partial charge in [0.1, 0.15) is 34.0 Å². The summed E-state index contributed by atoms with van der Waals surface area (Å²) in [6, 6.07) is 82.2. The van der Waals surface area contributed by atoms with Gasteiger partial charge in [-0.3, -0.25) is 19.9 Å². The number of pyridine rings is 8. The monoisotopic (exact) mass is 1610 g/mol. The minimum atomic E-state index is -0.205. The zero-order valence-corrected chi connectivity index (χ0v) is 74.8. The van der Waals surface area contributed by atoms with Gasteiger partial charge in [0.05, 0.1) is 45.0 Å². The molecule has 0 radical (unpaired) electrons. The van der Waals surface area contributed by atoms with Gasteiger partial charge in [-0.2, -0.15) is 4.57 Å². The lowest BCUT2D eigenvalue weighted by atomic mass is 9.75. The maximum absolute atomic E-state index is 13.5. The van der Waals surface area contributed by atoms with Crippen molar-refractivity contribution in [2.75, 3.05) is 0 Å². The number of para-hydroxylation sites is 1. The third kappa shape index (κ3) is 13.1. The Morgan fingerprint density at radius 1 is 0.276 bits per heavy atom. The number of rotatable bonds is 6. The average Bonchev–Trinajstić information content (AvgIpc) is 1.55. The van der Waals surface area contributed by atoms with Crippen molar-refractivity contribution in [3.8, 4) is 112 Å². The Hall–Kier alpha value is -12.6. The van der Waals surface area contributed by atoms with E-state index in [0.717, 1.165) is 46.7 Å². The molecule has 22 rings (SSSR count). The van der Waals surface area contributed by atoms with Gasteiger partial charge < -0.3 is 0 Å². The highest BCUT2D eigenvalue weighted by molar-refractivity contribution is 5.94. The summed E-state index contributed by atoms with van der Waals surface area (Å²) in [5.41, 5.74) is 49.8. The number of nitrogens with zero attached hydrogens (tertiary/aromatic N) is 8. The molecule has 0 unspecified atom stereocenters. The molecule has 8 nitrogen and oxygen atoms in total. The first-order valence-corrected chi connectivity index (χ1v) is 44.3. The molecule has 2 saturated carbocycles. The van der Waals surface area contributed by atoms with Crippen molar-refractivity contribution < 1.29 is 22.7 Å². The molecule has 123 heavy (non-hydrogen) atoms. The summed E-state index contributed by atoms with van der Waals surface area (Å²) in [5.74, 6) is -0.205. The van der Waals surface area contributed by atoms with Gasteiger partial charge in [-0.1, -0.05) is 199 Å². The Balaban J connectivity index is 0.000000108. The zero-order valence-electron chi connectivity index (χ0n) is 74.8. The second-order valence-electron chi connectivity index (χ2n) is 37.3. The molecule has 2 spiro atoms. The number of hydrogen-bond acceptors (Lipinski definition) is 4. The summed E-state index contributed by atoms with van der Waals surface area (Å²) in [5, 5.41) is 3.80. The molecule has 0 amide bonds. The van der Waals surface area contributed by atoms with E-state index in [1.165, 1.54) is 251 Å². The van der Waals surface area contributed by atoms with Crippen molar-refractivity contribution in [2.24, 2.45) is 28.2 Å². The van der Waals surface area contributed by atoms with Gasteiger partial charge in [0.25, 0.3) is 0 Å². The number of hydrogen-bond donors (Lipinski definition) is 0. The number of halogens is 1. The molecule has 610 valence electrons. The summed E-state index contributed by atoms with van der Waals surface area (Å²) >= 11 is 0. The van der Waals surface area contributed by atoms with Gasteiger partial charge in [0.15, 0.2) is 18.6 Å². The normalized spacial score (nSPS) is 15.0. The molecule has 0 N–H and O–H groups in total. The highest BCUT2D eigenvalue weighted by Crippen LogP contribution is 2.62. The predicted molar refractivity (Wildman–Crippen MR) is 501 cm³/mol. The summed E-state index contributed by atoms with van der Waals surface area (Å²) in [4.78, 5) is 20.2. The topological polar surface area (TPSA) is 67.1 Å². The molecule has 6 aliphatic carbocycles. The SMILES string of the molecule is Cc1ccc2c(n1)C(C)(C)c1c-2ccc(C)c1-c1cc2ccccc2c[n+]1C.Cc1ccc2c(n1)C(C)(C)c1c-2ccc(C)c1-c1ccc2ccccc2[n+]1C.Cc1ccc2c(n1)C1(CCCC1)c1c-2ccc(C)c1-c1cc(C)c(-c2ccc(F)cc2)c[n+]1C.Cc1ccc2c(n1)C1(CCCC1)c1c-2ccc(C)c1-c1cc(C)c(-c2ccccc2)c[n+]1C. The van der Waals surface area contributed by atoms with Crippen LogP contribution in [-0.4, -0.2) is 19.9 Å². The molecule has 6 aliphatic rings. The van der Waals surface area contributed by atoms with E-state index in [4.69, 9.17) is 19.9 Å². The highest BCUT2D eigenvalue weighted by atomic mass is 19.1. The zero-order chi connectivity index (χ0) is 85.6. The number of fused-ring (bicyclic) bond motifs is 18. The Labute approximate surface area is 725 Å². The fourth-order valence-corrected chi connectivity index (χ4v) is 22.5. The Kier molecular flexibility index (Phi) is 19.9. The summed E-state index contributed by atoms with van der Waals surface area (Å²) in [6.45, 7) is 31.0. The van der Waals surface area contributed by atoms with Gasteiger partial charge >= 0.3 is 0 Å². The lowest BCUT2D eigenvalue weighted by Crippen LogP contribution is -2.33. The molecule has 2 fully saturated rings. The van der Waals surface area contributed by atoms with Crippen molar-refractivity contribution in [3.05, 3.63) is 356 Å². The average molecular weight is 1610 g/mol. The fourth-order valence-electron chi connectivity index (χ4n) is 22.5. The minimum absolute atomic E-state index is 0.00851. The molecule has 8 aromatic heterocycles. The number of benzene rings is 8. The van der Waals surface area contributed by atoms with E-state index < -0.39 is 0 Å². The fraction of sp³-hybridized carbons (Fsp3) is 0.263. The van der Waals surface area contributed by atoms with Crippen molar-refractivity contribution in [1.82, 2.24) is 19.9 Å². The number of aromatic nitrogens is 8. The summed E-state index contributed by atoms with van der Waals surface area (Å²) in [7, 11) is 8.66. The van der Waals surface area contributed by atoms with Crippen molar-refractivity contribution in [1.29, 1.82) is 0 Å². The molecule has 0 atom stereocenters. The quantitative estimate of drug-likeness (QED) is 0.156. The molecule has 0 aliphatic heterocycles. The Morgan fingerprint density at radius 2 is 0.618 bits per heavy atom. The minimum Gasteiger partial charge on any atom is -0.257 e. The van der Waals surface area contributed by atoms with Crippen LogP contribution in [0, 0.1) is 75.1 Å². The molecular formula is C114H111FN8+4. The van der Waals surface area contributed by atoms with E-state index in [2.05, 4.69) is 368 Å². The molecule has 9 heteroatoms. The van der Waals surface area contributed by atoms with E-state index in [1.54, 1.807) is 0 Å². The highest BCUT2D eigenvalue weighted by Gasteiger charge is 2.52. The van der Waals surface area contributed by atoms with E-state index >= 15 is 0 Å². The predicted octanol–water partition coefficient (Wildman–Crippen LogP) is 25.4. The molecule has 0 saturated heterocycles. The van der Waals surface area contributed by atoms with Gasteiger partial charge in [-0.25, -0.2) is 18.1 Å². The first-order valence-electron chi connectivity index (χ1n) is 44.3. The standard InChI is InChI=1S/C31H30FN2.C31H31N2.2C26H25N2/c1-19-7-13-24-25-14-8-21(3)33-30(25)31(15-5-6-16-31)29(24)28(19)27-17-20(2)26(18-34(27)4)22-9-11-23(32)12-10-22;1-20-12-14-24-25-15-13-22(3)32-30(25)31(16-8-9-17-31)29(24)28(20)27-18-21(2)26(19-33(27)4)23-10-6-5-7-11-23;1-16-10-13-19-20-14-11-17(2)27-25(20)26(3,4)24(19)23(16)22-15-12-18-8-6-7-9-21(18)28(22)5;1-16-10-12-20-21-13-11-17(2)27-25(21)26(3,4)24(20)23(16)22-14-18-8-6-7-9-19(18)15-28(22)5/h7-14,17-18H,5-6,15-16H2,1-4H3;5-7,10-15,18-19H,8-9,16-17H2,1-4H3;2*6-15H,1-5H3/q4*+1. The van der Waals surface area contributed by atoms with Gasteiger partial charge in [0.2, 0.25) is 28.3 Å². The second-order valence-corrected chi connectivity index (χ2v) is 37.3. The molecule has 8 aromatic carbocycles.